The lowest BCUT2D eigenvalue weighted by atomic mass is 9.94. The number of hydrogen-bond donors (Lipinski definition) is 1. The van der Waals surface area contributed by atoms with Gasteiger partial charge in [-0.05, 0) is 51.6 Å². The third-order valence-corrected chi connectivity index (χ3v) is 4.81. The van der Waals surface area contributed by atoms with Gasteiger partial charge in [-0.1, -0.05) is 13.8 Å². The van der Waals surface area contributed by atoms with Gasteiger partial charge in [-0.15, -0.1) is 0 Å². The number of nitrogens with zero attached hydrogens (tertiary/aromatic N) is 1. The molecule has 0 amide bonds. The summed E-state index contributed by atoms with van der Waals surface area (Å²) in [5, 5.41) is 3.51. The lowest BCUT2D eigenvalue weighted by Crippen LogP contribution is -2.49. The van der Waals surface area contributed by atoms with Gasteiger partial charge in [0.05, 0.1) is 17.8 Å². The SMILES string of the molecule is COC1(C)CCCN(CC2CCC(CNCC(C)C)O2)C1. The molecule has 2 rings (SSSR count). The Morgan fingerprint density at radius 2 is 2.10 bits per heavy atom. The van der Waals surface area contributed by atoms with Gasteiger partial charge in [-0.3, -0.25) is 4.90 Å². The second-order valence-corrected chi connectivity index (χ2v) is 7.50. The average Bonchev–Trinajstić information content (AvgIpc) is 2.86. The van der Waals surface area contributed by atoms with E-state index in [-0.39, 0.29) is 5.60 Å². The summed E-state index contributed by atoms with van der Waals surface area (Å²) >= 11 is 0. The first-order valence-corrected chi connectivity index (χ1v) is 8.64. The van der Waals surface area contributed by atoms with Crippen molar-refractivity contribution in [3.05, 3.63) is 0 Å². The van der Waals surface area contributed by atoms with Crippen molar-refractivity contribution in [2.75, 3.05) is 39.8 Å². The van der Waals surface area contributed by atoms with Gasteiger partial charge in [-0.2, -0.15) is 0 Å². The number of ether oxygens (including phenoxy) is 2. The van der Waals surface area contributed by atoms with E-state index in [2.05, 4.69) is 31.0 Å². The van der Waals surface area contributed by atoms with E-state index in [0.29, 0.717) is 18.1 Å². The van der Waals surface area contributed by atoms with Crippen molar-refractivity contribution in [2.45, 2.75) is 64.3 Å². The molecule has 0 spiro atoms. The molecule has 3 atom stereocenters. The smallest absolute Gasteiger partial charge is 0.0777 e. The third-order valence-electron chi connectivity index (χ3n) is 4.81. The van der Waals surface area contributed by atoms with Gasteiger partial charge in [0.25, 0.3) is 0 Å². The highest BCUT2D eigenvalue weighted by molar-refractivity contribution is 4.87. The Labute approximate surface area is 130 Å². The first-order chi connectivity index (χ1) is 10.0. The topological polar surface area (TPSA) is 33.7 Å². The fourth-order valence-corrected chi connectivity index (χ4v) is 3.52. The van der Waals surface area contributed by atoms with E-state index < -0.39 is 0 Å². The summed E-state index contributed by atoms with van der Waals surface area (Å²) in [6, 6.07) is 0. The number of likely N-dealkylation sites (tertiary alicyclic amines) is 1. The minimum Gasteiger partial charge on any atom is -0.377 e. The molecule has 0 aliphatic carbocycles. The molecule has 0 saturated carbocycles. The maximum atomic E-state index is 6.20. The Balaban J connectivity index is 1.68. The molecule has 0 radical (unpaired) electrons. The minimum absolute atomic E-state index is 0.0368. The van der Waals surface area contributed by atoms with Crippen LogP contribution in [0.4, 0.5) is 0 Å². The van der Waals surface area contributed by atoms with Crippen LogP contribution in [-0.2, 0) is 9.47 Å². The molecule has 2 aliphatic rings. The maximum absolute atomic E-state index is 6.20. The van der Waals surface area contributed by atoms with Crippen molar-refractivity contribution in [3.63, 3.8) is 0 Å². The van der Waals surface area contributed by atoms with Crippen molar-refractivity contribution < 1.29 is 9.47 Å². The number of rotatable bonds is 7. The van der Waals surface area contributed by atoms with Crippen molar-refractivity contribution in [2.24, 2.45) is 5.92 Å². The summed E-state index contributed by atoms with van der Waals surface area (Å²) in [6.45, 7) is 12.1. The highest BCUT2D eigenvalue weighted by atomic mass is 16.5. The van der Waals surface area contributed by atoms with E-state index in [1.54, 1.807) is 0 Å². The number of methoxy groups -OCH3 is 1. The number of nitrogens with one attached hydrogen (secondary N) is 1. The molecule has 21 heavy (non-hydrogen) atoms. The molecule has 1 N–H and O–H groups in total. The monoisotopic (exact) mass is 298 g/mol. The minimum atomic E-state index is 0.0368. The summed E-state index contributed by atoms with van der Waals surface area (Å²) in [4.78, 5) is 2.53. The molecule has 0 aromatic heterocycles. The van der Waals surface area contributed by atoms with Crippen LogP contribution in [0.15, 0.2) is 0 Å². The van der Waals surface area contributed by atoms with E-state index in [1.165, 1.54) is 32.2 Å². The summed E-state index contributed by atoms with van der Waals surface area (Å²) in [7, 11) is 1.84. The zero-order valence-corrected chi connectivity index (χ0v) is 14.4. The zero-order chi connectivity index (χ0) is 15.3. The molecule has 0 aromatic carbocycles. The van der Waals surface area contributed by atoms with Crippen LogP contribution < -0.4 is 5.32 Å². The Hall–Kier alpha value is -0.160. The van der Waals surface area contributed by atoms with Gasteiger partial charge in [0, 0.05) is 26.7 Å². The first kappa shape index (κ1) is 17.2. The molecule has 4 heteroatoms. The van der Waals surface area contributed by atoms with Crippen LogP contribution in [0.2, 0.25) is 0 Å². The van der Waals surface area contributed by atoms with E-state index in [4.69, 9.17) is 9.47 Å². The van der Waals surface area contributed by atoms with Gasteiger partial charge in [0.15, 0.2) is 0 Å². The Kier molecular flexibility index (Phi) is 6.48. The normalized spacial score (nSPS) is 34.7. The molecular formula is C17H34N2O2. The second kappa shape index (κ2) is 7.91. The quantitative estimate of drug-likeness (QED) is 0.782. The van der Waals surface area contributed by atoms with Crippen LogP contribution in [0.1, 0.15) is 46.5 Å². The maximum Gasteiger partial charge on any atom is 0.0777 e. The molecule has 124 valence electrons. The van der Waals surface area contributed by atoms with Crippen molar-refractivity contribution in [1.82, 2.24) is 10.2 Å². The Bertz CT molecular complexity index is 311. The highest BCUT2D eigenvalue weighted by Gasteiger charge is 2.33. The van der Waals surface area contributed by atoms with E-state index in [1.807, 2.05) is 7.11 Å². The molecule has 4 nitrogen and oxygen atoms in total. The summed E-state index contributed by atoms with van der Waals surface area (Å²) < 4.78 is 11.9. The molecule has 2 aliphatic heterocycles. The standard InChI is InChI=1S/C17H34N2O2/c1-14(2)10-18-11-15-6-7-16(21-15)12-19-9-5-8-17(3,13-19)20-4/h14-16,18H,5-13H2,1-4H3. The lowest BCUT2D eigenvalue weighted by Gasteiger charge is -2.40. The molecule has 2 saturated heterocycles. The second-order valence-electron chi connectivity index (χ2n) is 7.50. The Morgan fingerprint density at radius 3 is 2.81 bits per heavy atom. The van der Waals surface area contributed by atoms with Crippen LogP contribution >= 0.6 is 0 Å². The lowest BCUT2D eigenvalue weighted by molar-refractivity contribution is -0.0638. The predicted molar refractivity (Wildman–Crippen MR) is 86.7 cm³/mol. The number of hydrogen-bond acceptors (Lipinski definition) is 4. The summed E-state index contributed by atoms with van der Waals surface area (Å²) in [5.74, 6) is 0.710. The fraction of sp³-hybridized carbons (Fsp3) is 1.00. The van der Waals surface area contributed by atoms with E-state index >= 15 is 0 Å². The summed E-state index contributed by atoms with van der Waals surface area (Å²) in [5.41, 5.74) is 0.0368. The van der Waals surface area contributed by atoms with Gasteiger partial charge < -0.3 is 14.8 Å². The highest BCUT2D eigenvalue weighted by Crippen LogP contribution is 2.26. The van der Waals surface area contributed by atoms with E-state index in [0.717, 1.165) is 26.2 Å². The van der Waals surface area contributed by atoms with Gasteiger partial charge in [0.2, 0.25) is 0 Å². The largest absolute Gasteiger partial charge is 0.377 e. The van der Waals surface area contributed by atoms with E-state index in [9.17, 15) is 0 Å². The van der Waals surface area contributed by atoms with Crippen LogP contribution in [0.25, 0.3) is 0 Å². The summed E-state index contributed by atoms with van der Waals surface area (Å²) in [6.07, 6.45) is 5.63. The van der Waals surface area contributed by atoms with Crippen LogP contribution in [0.5, 0.6) is 0 Å². The predicted octanol–water partition coefficient (Wildman–Crippen LogP) is 2.28. The van der Waals surface area contributed by atoms with Crippen LogP contribution in [-0.4, -0.2) is 62.5 Å². The molecule has 3 unspecified atom stereocenters. The van der Waals surface area contributed by atoms with Crippen molar-refractivity contribution >= 4 is 0 Å². The van der Waals surface area contributed by atoms with Crippen LogP contribution in [0, 0.1) is 5.92 Å². The average molecular weight is 298 g/mol. The molecule has 2 fully saturated rings. The molecular weight excluding hydrogens is 264 g/mol. The Morgan fingerprint density at radius 1 is 1.33 bits per heavy atom. The molecule has 0 aromatic rings. The first-order valence-electron chi connectivity index (χ1n) is 8.64. The third kappa shape index (κ3) is 5.51. The fourth-order valence-electron chi connectivity index (χ4n) is 3.52. The van der Waals surface area contributed by atoms with Crippen LogP contribution in [0.3, 0.4) is 0 Å². The van der Waals surface area contributed by atoms with Crippen molar-refractivity contribution in [3.8, 4) is 0 Å². The number of piperidine rings is 1. The van der Waals surface area contributed by atoms with Gasteiger partial charge in [0.1, 0.15) is 0 Å². The van der Waals surface area contributed by atoms with Gasteiger partial charge in [-0.25, -0.2) is 0 Å². The molecule has 0 bridgehead atoms. The zero-order valence-electron chi connectivity index (χ0n) is 14.4. The molecule has 2 heterocycles. The van der Waals surface area contributed by atoms with Crippen molar-refractivity contribution in [1.29, 1.82) is 0 Å². The van der Waals surface area contributed by atoms with Gasteiger partial charge >= 0.3 is 0 Å².